The zero-order valence-electron chi connectivity index (χ0n) is 16.4. The zero-order chi connectivity index (χ0) is 19.8. The van der Waals surface area contributed by atoms with Gasteiger partial charge < -0.3 is 15.1 Å². The van der Waals surface area contributed by atoms with E-state index in [2.05, 4.69) is 81.2 Å². The van der Waals surface area contributed by atoms with Gasteiger partial charge in [-0.05, 0) is 42.4 Å². The average molecular weight is 402 g/mol. The molecule has 2 aliphatic rings. The molecule has 0 atom stereocenters. The molecule has 1 saturated heterocycles. The van der Waals surface area contributed by atoms with Crippen LogP contribution in [-0.4, -0.2) is 48.1 Å². The molecule has 0 unspecified atom stereocenters. The Morgan fingerprint density at radius 2 is 1.66 bits per heavy atom. The molecule has 3 aromatic rings. The van der Waals surface area contributed by atoms with Gasteiger partial charge in [-0.25, -0.2) is 9.97 Å². The number of anilines is 3. The molecule has 1 aromatic heterocycles. The molecule has 2 aliphatic heterocycles. The first-order valence-corrected chi connectivity index (χ1v) is 10.6. The van der Waals surface area contributed by atoms with Crippen LogP contribution in [0, 0.1) is 0 Å². The minimum atomic E-state index is 0.801. The molecule has 6 heteroatoms. The van der Waals surface area contributed by atoms with Crippen molar-refractivity contribution in [2.75, 3.05) is 43.4 Å². The first kappa shape index (κ1) is 18.2. The first-order valence-electron chi connectivity index (χ1n) is 9.80. The van der Waals surface area contributed by atoms with E-state index in [0.717, 1.165) is 60.2 Å². The monoisotopic (exact) mass is 401 g/mol. The van der Waals surface area contributed by atoms with Gasteiger partial charge in [-0.15, -0.1) is 0 Å². The summed E-state index contributed by atoms with van der Waals surface area (Å²) in [6.07, 6.45) is 3.78. The third kappa shape index (κ3) is 3.61. The SMILES string of the molecule is C=C(c1cnc(N2CCN(C)CC2)nc1)c1ccc2c(c1)Nc1ccccc1S2. The van der Waals surface area contributed by atoms with Gasteiger partial charge in [0.2, 0.25) is 5.95 Å². The van der Waals surface area contributed by atoms with E-state index in [1.165, 1.54) is 9.79 Å². The number of piperazine rings is 1. The third-order valence-corrected chi connectivity index (χ3v) is 6.63. The molecule has 0 radical (unpaired) electrons. The standard InChI is InChI=1S/C23H23N5S/c1-16(18-14-24-23(25-15-18)28-11-9-27(2)10-12-28)17-7-8-22-20(13-17)26-19-5-3-4-6-21(19)29-22/h3-8,13-15,26H,1,9-12H2,2H3. The second kappa shape index (κ2) is 7.54. The predicted octanol–water partition coefficient (Wildman–Crippen LogP) is 4.50. The van der Waals surface area contributed by atoms with Gasteiger partial charge in [-0.2, -0.15) is 0 Å². The maximum absolute atomic E-state index is 4.61. The number of hydrogen-bond donors (Lipinski definition) is 1. The summed E-state index contributed by atoms with van der Waals surface area (Å²) in [5.41, 5.74) is 5.22. The lowest BCUT2D eigenvalue weighted by molar-refractivity contribution is 0.311. The van der Waals surface area contributed by atoms with Crippen LogP contribution in [0.1, 0.15) is 11.1 Å². The molecule has 0 bridgehead atoms. The summed E-state index contributed by atoms with van der Waals surface area (Å²) < 4.78 is 0. The van der Waals surface area contributed by atoms with E-state index in [-0.39, 0.29) is 0 Å². The smallest absolute Gasteiger partial charge is 0.225 e. The summed E-state index contributed by atoms with van der Waals surface area (Å²) in [7, 11) is 2.15. The van der Waals surface area contributed by atoms with Gasteiger partial charge in [0.25, 0.3) is 0 Å². The maximum atomic E-state index is 4.61. The molecule has 0 saturated carbocycles. The second-order valence-corrected chi connectivity index (χ2v) is 8.56. The number of para-hydroxylation sites is 1. The van der Waals surface area contributed by atoms with Crippen LogP contribution >= 0.6 is 11.8 Å². The van der Waals surface area contributed by atoms with E-state index >= 15 is 0 Å². The highest BCUT2D eigenvalue weighted by Crippen LogP contribution is 2.44. The number of benzene rings is 2. The molecule has 1 fully saturated rings. The van der Waals surface area contributed by atoms with E-state index in [9.17, 15) is 0 Å². The molecule has 29 heavy (non-hydrogen) atoms. The minimum absolute atomic E-state index is 0.801. The van der Waals surface area contributed by atoms with Crippen molar-refractivity contribution in [3.05, 3.63) is 72.6 Å². The summed E-state index contributed by atoms with van der Waals surface area (Å²) in [6, 6.07) is 14.8. The fourth-order valence-corrected chi connectivity index (χ4v) is 4.61. The number of nitrogens with one attached hydrogen (secondary N) is 1. The summed E-state index contributed by atoms with van der Waals surface area (Å²) >= 11 is 1.79. The number of fused-ring (bicyclic) bond motifs is 2. The summed E-state index contributed by atoms with van der Waals surface area (Å²) in [5.74, 6) is 0.801. The Labute approximate surface area is 175 Å². The molecule has 146 valence electrons. The lowest BCUT2D eigenvalue weighted by Crippen LogP contribution is -2.45. The summed E-state index contributed by atoms with van der Waals surface area (Å²) in [5, 5.41) is 3.54. The highest BCUT2D eigenvalue weighted by atomic mass is 32.2. The quantitative estimate of drug-likeness (QED) is 0.545. The molecule has 5 nitrogen and oxygen atoms in total. The lowest BCUT2D eigenvalue weighted by atomic mass is 10.0. The maximum Gasteiger partial charge on any atom is 0.225 e. The molecule has 0 amide bonds. The Hall–Kier alpha value is -2.83. The number of rotatable bonds is 3. The van der Waals surface area contributed by atoms with Crippen LogP contribution in [0.4, 0.5) is 17.3 Å². The second-order valence-electron chi connectivity index (χ2n) is 7.47. The number of nitrogens with zero attached hydrogens (tertiary/aromatic N) is 4. The van der Waals surface area contributed by atoms with Crippen LogP contribution < -0.4 is 10.2 Å². The van der Waals surface area contributed by atoms with Crippen molar-refractivity contribution in [1.82, 2.24) is 14.9 Å². The van der Waals surface area contributed by atoms with E-state index in [1.807, 2.05) is 12.4 Å². The molecule has 3 heterocycles. The number of hydrogen-bond acceptors (Lipinski definition) is 6. The molecular formula is C23H23N5S. The van der Waals surface area contributed by atoms with Crippen molar-refractivity contribution >= 4 is 34.7 Å². The van der Waals surface area contributed by atoms with Gasteiger partial charge in [-0.1, -0.05) is 36.5 Å². The Morgan fingerprint density at radius 3 is 2.45 bits per heavy atom. The van der Waals surface area contributed by atoms with Gasteiger partial charge >= 0.3 is 0 Å². The lowest BCUT2D eigenvalue weighted by Gasteiger charge is -2.32. The van der Waals surface area contributed by atoms with Crippen LogP contribution in [0.2, 0.25) is 0 Å². The molecule has 1 N–H and O–H groups in total. The number of likely N-dealkylation sites (N-methyl/N-ethyl adjacent to an activating group) is 1. The van der Waals surface area contributed by atoms with Crippen molar-refractivity contribution in [2.24, 2.45) is 0 Å². The minimum Gasteiger partial charge on any atom is -0.354 e. The van der Waals surface area contributed by atoms with Crippen molar-refractivity contribution in [3.8, 4) is 0 Å². The first-order chi connectivity index (χ1) is 14.2. The Bertz CT molecular complexity index is 1060. The van der Waals surface area contributed by atoms with Gasteiger partial charge in [0.1, 0.15) is 0 Å². The molecule has 0 spiro atoms. The molecule has 0 aliphatic carbocycles. The third-order valence-electron chi connectivity index (χ3n) is 5.48. The van der Waals surface area contributed by atoms with Gasteiger partial charge in [-0.3, -0.25) is 0 Å². The fourth-order valence-electron chi connectivity index (χ4n) is 3.64. The van der Waals surface area contributed by atoms with Crippen LogP contribution in [0.5, 0.6) is 0 Å². The zero-order valence-corrected chi connectivity index (χ0v) is 17.2. The van der Waals surface area contributed by atoms with Crippen molar-refractivity contribution in [2.45, 2.75) is 9.79 Å². The van der Waals surface area contributed by atoms with Gasteiger partial charge in [0, 0.05) is 53.9 Å². The van der Waals surface area contributed by atoms with Crippen LogP contribution in [0.15, 0.2) is 71.2 Å². The highest BCUT2D eigenvalue weighted by molar-refractivity contribution is 7.99. The topological polar surface area (TPSA) is 44.3 Å². The largest absolute Gasteiger partial charge is 0.354 e. The predicted molar refractivity (Wildman–Crippen MR) is 120 cm³/mol. The van der Waals surface area contributed by atoms with E-state index in [0.29, 0.717) is 0 Å². The fraction of sp³-hybridized carbons (Fsp3) is 0.217. The van der Waals surface area contributed by atoms with Crippen LogP contribution in [0.25, 0.3) is 5.57 Å². The van der Waals surface area contributed by atoms with Crippen molar-refractivity contribution < 1.29 is 0 Å². The van der Waals surface area contributed by atoms with Crippen LogP contribution in [0.3, 0.4) is 0 Å². The summed E-state index contributed by atoms with van der Waals surface area (Å²) in [6.45, 7) is 8.32. The van der Waals surface area contributed by atoms with Crippen molar-refractivity contribution in [1.29, 1.82) is 0 Å². The van der Waals surface area contributed by atoms with Crippen molar-refractivity contribution in [3.63, 3.8) is 0 Å². The van der Waals surface area contributed by atoms with Gasteiger partial charge in [0.15, 0.2) is 0 Å². The average Bonchev–Trinajstić information content (AvgIpc) is 2.77. The van der Waals surface area contributed by atoms with Gasteiger partial charge in [0.05, 0.1) is 11.4 Å². The van der Waals surface area contributed by atoms with Crippen LogP contribution in [-0.2, 0) is 0 Å². The Morgan fingerprint density at radius 1 is 0.931 bits per heavy atom. The van der Waals surface area contributed by atoms with E-state index in [4.69, 9.17) is 0 Å². The van der Waals surface area contributed by atoms with E-state index in [1.54, 1.807) is 11.8 Å². The Kier molecular flexibility index (Phi) is 4.73. The molecule has 5 rings (SSSR count). The molecular weight excluding hydrogens is 378 g/mol. The molecule has 2 aromatic carbocycles. The highest BCUT2D eigenvalue weighted by Gasteiger charge is 2.18. The summed E-state index contributed by atoms with van der Waals surface area (Å²) in [4.78, 5) is 16.3. The normalized spacial score (nSPS) is 16.0. The van der Waals surface area contributed by atoms with E-state index < -0.39 is 0 Å². The Balaban J connectivity index is 1.35. The number of aromatic nitrogens is 2.